The number of likely N-dealkylation sites (N-methyl/N-ethyl adjacent to an activating group) is 1. The van der Waals surface area contributed by atoms with Crippen molar-refractivity contribution in [1.82, 2.24) is 24.9 Å². The first-order chi connectivity index (χ1) is 12.0. The summed E-state index contributed by atoms with van der Waals surface area (Å²) < 4.78 is 5.17. The van der Waals surface area contributed by atoms with Crippen molar-refractivity contribution in [1.29, 1.82) is 0 Å². The smallest absolute Gasteiger partial charge is 0.259 e. The van der Waals surface area contributed by atoms with Crippen LogP contribution in [0.1, 0.15) is 57.8 Å². The summed E-state index contributed by atoms with van der Waals surface area (Å²) >= 11 is 0. The van der Waals surface area contributed by atoms with Crippen LogP contribution in [0, 0.1) is 13.8 Å². The summed E-state index contributed by atoms with van der Waals surface area (Å²) in [5, 5.41) is 3.91. The number of carbonyl (C=O) groups is 1. The first-order valence-electron chi connectivity index (χ1n) is 8.81. The number of fused-ring (bicyclic) bond motifs is 1. The third-order valence-electron chi connectivity index (χ3n) is 5.20. The summed E-state index contributed by atoms with van der Waals surface area (Å²) in [7, 11) is 2.11. The van der Waals surface area contributed by atoms with Gasteiger partial charge in [-0.3, -0.25) is 4.79 Å². The van der Waals surface area contributed by atoms with Crippen molar-refractivity contribution in [2.24, 2.45) is 0 Å². The maximum absolute atomic E-state index is 13.0. The molecule has 0 aromatic carbocycles. The van der Waals surface area contributed by atoms with E-state index in [9.17, 15) is 4.79 Å². The largest absolute Gasteiger partial charge is 0.361 e. The monoisotopic (exact) mass is 341 g/mol. The molecule has 4 rings (SSSR count). The molecule has 7 nitrogen and oxygen atoms in total. The molecule has 7 heteroatoms. The van der Waals surface area contributed by atoms with Crippen LogP contribution in [0.4, 0.5) is 0 Å². The molecule has 0 unspecified atom stereocenters. The second kappa shape index (κ2) is 6.22. The van der Waals surface area contributed by atoms with E-state index in [4.69, 9.17) is 9.51 Å². The molecule has 1 saturated heterocycles. The van der Waals surface area contributed by atoms with Gasteiger partial charge in [0.2, 0.25) is 0 Å². The lowest BCUT2D eigenvalue weighted by Gasteiger charge is -2.27. The minimum atomic E-state index is -0.0637. The molecule has 0 N–H and O–H groups in total. The van der Waals surface area contributed by atoms with Crippen LogP contribution in [0.5, 0.6) is 0 Å². The number of aromatic nitrogens is 3. The van der Waals surface area contributed by atoms with E-state index in [0.29, 0.717) is 17.0 Å². The lowest BCUT2D eigenvalue weighted by molar-refractivity contribution is 0.0727. The SMILES string of the molecule is Cc1noc(C)c1C(=O)N1CCC[C@@H]1c1ncc2c(n1)CCN(C)C2. The van der Waals surface area contributed by atoms with Crippen molar-refractivity contribution >= 4 is 5.91 Å². The Morgan fingerprint density at radius 1 is 1.32 bits per heavy atom. The Labute approximate surface area is 147 Å². The minimum Gasteiger partial charge on any atom is -0.361 e. The Kier molecular flexibility index (Phi) is 4.03. The number of aryl methyl sites for hydroxylation is 2. The zero-order valence-corrected chi connectivity index (χ0v) is 14.9. The number of rotatable bonds is 2. The Hall–Kier alpha value is -2.28. The molecular weight excluding hydrogens is 318 g/mol. The van der Waals surface area contributed by atoms with Gasteiger partial charge in [0.25, 0.3) is 5.91 Å². The fourth-order valence-corrected chi connectivity index (χ4v) is 3.84. The molecule has 1 fully saturated rings. The van der Waals surface area contributed by atoms with Gasteiger partial charge in [0.1, 0.15) is 11.3 Å². The van der Waals surface area contributed by atoms with Gasteiger partial charge in [0.15, 0.2) is 5.82 Å². The quantitative estimate of drug-likeness (QED) is 0.832. The molecule has 0 saturated carbocycles. The van der Waals surface area contributed by atoms with Crippen LogP contribution >= 0.6 is 0 Å². The number of amides is 1. The zero-order chi connectivity index (χ0) is 17.6. The Bertz CT molecular complexity index is 796. The second-order valence-electron chi connectivity index (χ2n) is 7.04. The summed E-state index contributed by atoms with van der Waals surface area (Å²) in [6.07, 6.45) is 4.73. The van der Waals surface area contributed by atoms with Crippen molar-refractivity contribution in [3.8, 4) is 0 Å². The maximum atomic E-state index is 13.0. The van der Waals surface area contributed by atoms with Gasteiger partial charge in [-0.1, -0.05) is 5.16 Å². The first-order valence-corrected chi connectivity index (χ1v) is 8.81. The van der Waals surface area contributed by atoms with E-state index in [2.05, 4.69) is 22.1 Å². The number of likely N-dealkylation sites (tertiary alicyclic amines) is 1. The topological polar surface area (TPSA) is 75.4 Å². The summed E-state index contributed by atoms with van der Waals surface area (Å²) in [5.74, 6) is 1.31. The summed E-state index contributed by atoms with van der Waals surface area (Å²) in [4.78, 5) is 26.6. The van der Waals surface area contributed by atoms with Crippen molar-refractivity contribution in [2.45, 2.75) is 45.7 Å². The number of carbonyl (C=O) groups excluding carboxylic acids is 1. The van der Waals surface area contributed by atoms with Gasteiger partial charge < -0.3 is 14.3 Å². The Balaban J connectivity index is 1.63. The Morgan fingerprint density at radius 2 is 2.16 bits per heavy atom. The molecule has 1 atom stereocenters. The molecule has 2 aromatic heterocycles. The van der Waals surface area contributed by atoms with E-state index in [0.717, 1.165) is 50.4 Å². The lowest BCUT2D eigenvalue weighted by atomic mass is 10.1. The zero-order valence-electron chi connectivity index (χ0n) is 14.9. The van der Waals surface area contributed by atoms with Gasteiger partial charge in [-0.15, -0.1) is 0 Å². The molecule has 2 aliphatic rings. The van der Waals surface area contributed by atoms with Crippen LogP contribution < -0.4 is 0 Å². The normalized spacial score (nSPS) is 20.8. The van der Waals surface area contributed by atoms with Gasteiger partial charge in [-0.2, -0.15) is 0 Å². The standard InChI is InChI=1S/C18H23N5O2/c1-11-16(12(2)25-21-11)18(24)23-7-4-5-15(23)17-19-9-13-10-22(3)8-6-14(13)20-17/h9,15H,4-8,10H2,1-3H3/t15-/m1/s1. The van der Waals surface area contributed by atoms with Gasteiger partial charge in [0.05, 0.1) is 11.7 Å². The molecule has 0 aliphatic carbocycles. The van der Waals surface area contributed by atoms with Crippen molar-refractivity contribution in [3.05, 3.63) is 40.3 Å². The van der Waals surface area contributed by atoms with Crippen molar-refractivity contribution in [3.63, 3.8) is 0 Å². The fourth-order valence-electron chi connectivity index (χ4n) is 3.84. The van der Waals surface area contributed by atoms with E-state index in [1.54, 1.807) is 13.8 Å². The third kappa shape index (κ3) is 2.82. The average Bonchev–Trinajstić information content (AvgIpc) is 3.21. The molecule has 25 heavy (non-hydrogen) atoms. The summed E-state index contributed by atoms with van der Waals surface area (Å²) in [6.45, 7) is 6.21. The van der Waals surface area contributed by atoms with Gasteiger partial charge in [-0.05, 0) is 33.7 Å². The van der Waals surface area contributed by atoms with E-state index in [1.807, 2.05) is 11.1 Å². The highest BCUT2D eigenvalue weighted by Gasteiger charge is 2.35. The number of hydrogen-bond donors (Lipinski definition) is 0. The van der Waals surface area contributed by atoms with Crippen molar-refractivity contribution in [2.75, 3.05) is 20.1 Å². The van der Waals surface area contributed by atoms with Crippen LogP contribution in [0.2, 0.25) is 0 Å². The van der Waals surface area contributed by atoms with Crippen molar-refractivity contribution < 1.29 is 9.32 Å². The van der Waals surface area contributed by atoms with E-state index in [-0.39, 0.29) is 11.9 Å². The molecule has 0 bridgehead atoms. The Morgan fingerprint density at radius 3 is 2.92 bits per heavy atom. The maximum Gasteiger partial charge on any atom is 0.259 e. The molecule has 0 spiro atoms. The number of hydrogen-bond acceptors (Lipinski definition) is 6. The van der Waals surface area contributed by atoms with Crippen LogP contribution in [-0.2, 0) is 13.0 Å². The van der Waals surface area contributed by atoms with Crippen LogP contribution in [0.15, 0.2) is 10.7 Å². The highest BCUT2D eigenvalue weighted by atomic mass is 16.5. The van der Waals surface area contributed by atoms with Gasteiger partial charge in [0, 0.05) is 43.5 Å². The summed E-state index contributed by atoms with van der Waals surface area (Å²) in [5.41, 5.74) is 3.54. The van der Waals surface area contributed by atoms with E-state index >= 15 is 0 Å². The van der Waals surface area contributed by atoms with Gasteiger partial charge >= 0.3 is 0 Å². The van der Waals surface area contributed by atoms with Crippen LogP contribution in [-0.4, -0.2) is 51.0 Å². The minimum absolute atomic E-state index is 0.0280. The predicted molar refractivity (Wildman–Crippen MR) is 91.1 cm³/mol. The lowest BCUT2D eigenvalue weighted by Crippen LogP contribution is -2.33. The highest BCUT2D eigenvalue weighted by Crippen LogP contribution is 2.33. The highest BCUT2D eigenvalue weighted by molar-refractivity contribution is 5.96. The van der Waals surface area contributed by atoms with Gasteiger partial charge in [-0.25, -0.2) is 9.97 Å². The second-order valence-corrected chi connectivity index (χ2v) is 7.04. The predicted octanol–water partition coefficient (Wildman–Crippen LogP) is 2.05. The van der Waals surface area contributed by atoms with Crippen LogP contribution in [0.3, 0.4) is 0 Å². The molecule has 2 aliphatic heterocycles. The number of nitrogens with zero attached hydrogens (tertiary/aromatic N) is 5. The molecule has 1 amide bonds. The van der Waals surface area contributed by atoms with E-state index < -0.39 is 0 Å². The molecule has 2 aromatic rings. The van der Waals surface area contributed by atoms with E-state index in [1.165, 1.54) is 5.56 Å². The van der Waals surface area contributed by atoms with Crippen LogP contribution in [0.25, 0.3) is 0 Å². The summed E-state index contributed by atoms with van der Waals surface area (Å²) in [6, 6.07) is -0.0637. The first kappa shape index (κ1) is 16.2. The third-order valence-corrected chi connectivity index (χ3v) is 5.20. The molecular formula is C18H23N5O2. The average molecular weight is 341 g/mol. The molecule has 132 valence electrons. The molecule has 4 heterocycles. The molecule has 0 radical (unpaired) electrons. The fraction of sp³-hybridized carbons (Fsp3) is 0.556.